The third-order valence-corrected chi connectivity index (χ3v) is 3.21. The molecule has 1 N–H and O–H groups in total. The highest BCUT2D eigenvalue weighted by Gasteiger charge is 2.15. The molecule has 0 saturated heterocycles. The number of rotatable bonds is 6. The third kappa shape index (κ3) is 3.43. The summed E-state index contributed by atoms with van der Waals surface area (Å²) in [7, 11) is 0. The van der Waals surface area contributed by atoms with Gasteiger partial charge >= 0.3 is 5.69 Å². The van der Waals surface area contributed by atoms with Crippen LogP contribution >= 0.6 is 0 Å². The summed E-state index contributed by atoms with van der Waals surface area (Å²) in [6.07, 6.45) is 5.04. The van der Waals surface area contributed by atoms with Gasteiger partial charge in [-0.25, -0.2) is 0 Å². The van der Waals surface area contributed by atoms with Crippen molar-refractivity contribution in [1.29, 1.82) is 0 Å². The lowest BCUT2D eigenvalue weighted by Gasteiger charge is -2.12. The minimum Gasteiger partial charge on any atom is -0.485 e. The molecule has 1 fully saturated rings. The van der Waals surface area contributed by atoms with Crippen molar-refractivity contribution < 1.29 is 9.66 Å². The Labute approximate surface area is 106 Å². The predicted octanol–water partition coefficient (Wildman–Crippen LogP) is 2.51. The second kappa shape index (κ2) is 6.35. The molecule has 2 rings (SSSR count). The predicted molar refractivity (Wildman–Crippen MR) is 68.9 cm³/mol. The number of ether oxygens (including phenoxy) is 1. The largest absolute Gasteiger partial charge is 0.485 e. The summed E-state index contributed by atoms with van der Waals surface area (Å²) in [5.41, 5.74) is 0.0263. The van der Waals surface area contributed by atoms with Crippen molar-refractivity contribution in [2.24, 2.45) is 0 Å². The van der Waals surface area contributed by atoms with Crippen LogP contribution in [-0.2, 0) is 0 Å². The first-order valence-corrected chi connectivity index (χ1v) is 6.37. The lowest BCUT2D eigenvalue weighted by molar-refractivity contribution is -0.385. The highest BCUT2D eigenvalue weighted by Crippen LogP contribution is 2.25. The summed E-state index contributed by atoms with van der Waals surface area (Å²) in [6.45, 7) is 1.19. The molecular weight excluding hydrogens is 232 g/mol. The molecule has 18 heavy (non-hydrogen) atoms. The van der Waals surface area contributed by atoms with E-state index in [9.17, 15) is 10.1 Å². The second-order valence-electron chi connectivity index (χ2n) is 4.51. The van der Waals surface area contributed by atoms with Gasteiger partial charge in [-0.05, 0) is 18.9 Å². The number of nitrogens with one attached hydrogen (secondary N) is 1. The number of hydrogen-bond donors (Lipinski definition) is 1. The van der Waals surface area contributed by atoms with E-state index in [0.29, 0.717) is 18.4 Å². The first-order valence-electron chi connectivity index (χ1n) is 6.37. The van der Waals surface area contributed by atoms with E-state index in [1.807, 2.05) is 0 Å². The van der Waals surface area contributed by atoms with Crippen LogP contribution < -0.4 is 10.1 Å². The molecule has 1 saturated carbocycles. The maximum atomic E-state index is 10.8. The molecule has 98 valence electrons. The molecule has 0 aliphatic heterocycles. The lowest BCUT2D eigenvalue weighted by Crippen LogP contribution is -2.30. The average Bonchev–Trinajstić information content (AvgIpc) is 2.88. The number of nitro benzene ring substituents is 1. The van der Waals surface area contributed by atoms with Crippen molar-refractivity contribution in [3.63, 3.8) is 0 Å². The van der Waals surface area contributed by atoms with Gasteiger partial charge in [-0.3, -0.25) is 10.1 Å². The van der Waals surface area contributed by atoms with E-state index >= 15 is 0 Å². The van der Waals surface area contributed by atoms with Gasteiger partial charge in [0.1, 0.15) is 6.61 Å². The normalized spacial score (nSPS) is 15.8. The maximum Gasteiger partial charge on any atom is 0.310 e. The van der Waals surface area contributed by atoms with Gasteiger partial charge in [-0.2, -0.15) is 0 Å². The Balaban J connectivity index is 1.77. The highest BCUT2D eigenvalue weighted by molar-refractivity contribution is 5.45. The summed E-state index contributed by atoms with van der Waals surface area (Å²) in [6, 6.07) is 7.07. The number of benzene rings is 1. The van der Waals surface area contributed by atoms with Gasteiger partial charge in [-0.1, -0.05) is 25.0 Å². The van der Waals surface area contributed by atoms with Crippen LogP contribution in [0.2, 0.25) is 0 Å². The van der Waals surface area contributed by atoms with Crippen LogP contribution in [0.5, 0.6) is 5.75 Å². The SMILES string of the molecule is O=[N+]([O-])c1ccccc1OCCNC1CCCC1. The quantitative estimate of drug-likeness (QED) is 0.478. The van der Waals surface area contributed by atoms with Crippen molar-refractivity contribution in [2.75, 3.05) is 13.2 Å². The monoisotopic (exact) mass is 250 g/mol. The zero-order valence-electron chi connectivity index (χ0n) is 10.3. The fourth-order valence-electron chi connectivity index (χ4n) is 2.28. The fourth-order valence-corrected chi connectivity index (χ4v) is 2.28. The molecule has 1 aliphatic carbocycles. The molecule has 1 aromatic carbocycles. The van der Waals surface area contributed by atoms with E-state index in [1.165, 1.54) is 31.7 Å². The second-order valence-corrected chi connectivity index (χ2v) is 4.51. The molecule has 1 aliphatic rings. The Hall–Kier alpha value is -1.62. The van der Waals surface area contributed by atoms with E-state index in [2.05, 4.69) is 5.32 Å². The van der Waals surface area contributed by atoms with E-state index in [0.717, 1.165) is 6.54 Å². The summed E-state index contributed by atoms with van der Waals surface area (Å²) >= 11 is 0. The van der Waals surface area contributed by atoms with Gasteiger partial charge in [0.15, 0.2) is 5.75 Å². The molecule has 0 unspecified atom stereocenters. The van der Waals surface area contributed by atoms with Crippen molar-refractivity contribution >= 4 is 5.69 Å². The van der Waals surface area contributed by atoms with Crippen LogP contribution in [0.1, 0.15) is 25.7 Å². The summed E-state index contributed by atoms with van der Waals surface area (Å²) in [4.78, 5) is 10.4. The number of nitrogens with zero attached hydrogens (tertiary/aromatic N) is 1. The molecule has 5 heteroatoms. The molecule has 0 heterocycles. The van der Waals surface area contributed by atoms with Crippen molar-refractivity contribution in [3.8, 4) is 5.75 Å². The van der Waals surface area contributed by atoms with Crippen LogP contribution in [-0.4, -0.2) is 24.1 Å². The van der Waals surface area contributed by atoms with Gasteiger partial charge in [0, 0.05) is 18.7 Å². The minimum absolute atomic E-state index is 0.0263. The van der Waals surface area contributed by atoms with Crippen LogP contribution in [0.25, 0.3) is 0 Å². The number of nitro groups is 1. The molecule has 0 atom stereocenters. The van der Waals surface area contributed by atoms with Crippen molar-refractivity contribution in [1.82, 2.24) is 5.32 Å². The Morgan fingerprint density at radius 3 is 2.78 bits per heavy atom. The summed E-state index contributed by atoms with van der Waals surface area (Å²) in [5, 5.41) is 14.2. The van der Waals surface area contributed by atoms with E-state index in [1.54, 1.807) is 18.2 Å². The number of para-hydroxylation sites is 2. The molecule has 0 amide bonds. The topological polar surface area (TPSA) is 64.4 Å². The van der Waals surface area contributed by atoms with E-state index in [4.69, 9.17) is 4.74 Å². The van der Waals surface area contributed by atoms with Gasteiger partial charge in [0.2, 0.25) is 0 Å². The first-order chi connectivity index (χ1) is 8.77. The first kappa shape index (κ1) is 12.8. The molecule has 1 aromatic rings. The Kier molecular flexibility index (Phi) is 4.52. The molecule has 0 spiro atoms. The van der Waals surface area contributed by atoms with Gasteiger partial charge in [0.25, 0.3) is 0 Å². The fraction of sp³-hybridized carbons (Fsp3) is 0.538. The Bertz CT molecular complexity index is 403. The van der Waals surface area contributed by atoms with E-state index < -0.39 is 4.92 Å². The Morgan fingerprint density at radius 2 is 2.06 bits per heavy atom. The number of hydrogen-bond acceptors (Lipinski definition) is 4. The summed E-state index contributed by atoms with van der Waals surface area (Å²) < 4.78 is 5.45. The maximum absolute atomic E-state index is 10.8. The molecule has 0 radical (unpaired) electrons. The van der Waals surface area contributed by atoms with Crippen LogP contribution in [0.4, 0.5) is 5.69 Å². The lowest BCUT2D eigenvalue weighted by atomic mass is 10.2. The van der Waals surface area contributed by atoms with Crippen molar-refractivity contribution in [2.45, 2.75) is 31.7 Å². The molecule has 0 aromatic heterocycles. The van der Waals surface area contributed by atoms with Crippen LogP contribution in [0.15, 0.2) is 24.3 Å². The van der Waals surface area contributed by atoms with Crippen LogP contribution in [0.3, 0.4) is 0 Å². The zero-order valence-corrected chi connectivity index (χ0v) is 10.3. The standard InChI is InChI=1S/C13H18N2O3/c16-15(17)12-7-3-4-8-13(12)18-10-9-14-11-5-1-2-6-11/h3-4,7-8,11,14H,1-2,5-6,9-10H2. The third-order valence-electron chi connectivity index (χ3n) is 3.21. The smallest absolute Gasteiger partial charge is 0.310 e. The minimum atomic E-state index is -0.417. The van der Waals surface area contributed by atoms with Gasteiger partial charge in [0.05, 0.1) is 4.92 Å². The van der Waals surface area contributed by atoms with Gasteiger partial charge < -0.3 is 10.1 Å². The molecule has 5 nitrogen and oxygen atoms in total. The summed E-state index contributed by atoms with van der Waals surface area (Å²) in [5.74, 6) is 0.343. The van der Waals surface area contributed by atoms with Gasteiger partial charge in [-0.15, -0.1) is 0 Å². The molecule has 0 bridgehead atoms. The zero-order chi connectivity index (χ0) is 12.8. The molecular formula is C13H18N2O3. The highest BCUT2D eigenvalue weighted by atomic mass is 16.6. The average molecular weight is 250 g/mol. The van der Waals surface area contributed by atoms with E-state index in [-0.39, 0.29) is 5.69 Å². The Morgan fingerprint density at radius 1 is 1.33 bits per heavy atom. The van der Waals surface area contributed by atoms with Crippen molar-refractivity contribution in [3.05, 3.63) is 34.4 Å². The van der Waals surface area contributed by atoms with Crippen LogP contribution in [0, 0.1) is 10.1 Å².